The van der Waals surface area contributed by atoms with E-state index in [1.54, 1.807) is 11.3 Å². The lowest BCUT2D eigenvalue weighted by atomic mass is 10.3. The third-order valence-corrected chi connectivity index (χ3v) is 4.68. The van der Waals surface area contributed by atoms with Crippen LogP contribution in [0.4, 0.5) is 5.82 Å². The summed E-state index contributed by atoms with van der Waals surface area (Å²) < 4.78 is 0.678. The van der Waals surface area contributed by atoms with Gasteiger partial charge in [-0.15, -0.1) is 0 Å². The van der Waals surface area contributed by atoms with Crippen LogP contribution >= 0.6 is 33.9 Å². The fourth-order valence-corrected chi connectivity index (χ4v) is 3.18. The Labute approximate surface area is 122 Å². The smallest absolute Gasteiger partial charge is 0.266 e. The zero-order chi connectivity index (χ0) is 12.5. The number of thiophene rings is 1. The monoisotopic (exact) mass is 373 g/mol. The molecule has 1 aliphatic carbocycles. The summed E-state index contributed by atoms with van der Waals surface area (Å²) in [4.78, 5) is 20.9. The molecular weight excluding hydrogens is 361 g/mol. The third-order valence-electron chi connectivity index (χ3n) is 2.97. The molecule has 2 aromatic heterocycles. The van der Waals surface area contributed by atoms with Crippen molar-refractivity contribution >= 4 is 39.7 Å². The summed E-state index contributed by atoms with van der Waals surface area (Å²) in [5.41, 5.74) is 1.22. The van der Waals surface area contributed by atoms with Crippen LogP contribution in [0.2, 0.25) is 0 Å². The van der Waals surface area contributed by atoms with Crippen molar-refractivity contribution in [2.24, 2.45) is 0 Å². The van der Waals surface area contributed by atoms with E-state index in [4.69, 9.17) is 0 Å². The van der Waals surface area contributed by atoms with Gasteiger partial charge in [0.2, 0.25) is 0 Å². The molecule has 2 heterocycles. The van der Waals surface area contributed by atoms with Crippen LogP contribution in [0.25, 0.3) is 0 Å². The van der Waals surface area contributed by atoms with E-state index < -0.39 is 0 Å². The molecule has 6 heteroatoms. The van der Waals surface area contributed by atoms with Crippen LogP contribution in [0.15, 0.2) is 27.9 Å². The van der Waals surface area contributed by atoms with Gasteiger partial charge in [-0.05, 0) is 57.8 Å². The molecule has 2 aromatic rings. The van der Waals surface area contributed by atoms with Crippen LogP contribution in [0.5, 0.6) is 0 Å². The zero-order valence-corrected chi connectivity index (χ0v) is 12.6. The first-order chi connectivity index (χ1) is 8.75. The van der Waals surface area contributed by atoms with Crippen molar-refractivity contribution in [3.8, 4) is 0 Å². The average molecular weight is 373 g/mol. The molecule has 18 heavy (non-hydrogen) atoms. The molecule has 1 aliphatic rings. The molecule has 94 valence electrons. The van der Waals surface area contributed by atoms with Crippen molar-refractivity contribution < 1.29 is 0 Å². The minimum Gasteiger partial charge on any atom is -0.348 e. The average Bonchev–Trinajstić information content (AvgIpc) is 3.08. The molecule has 0 spiro atoms. The summed E-state index contributed by atoms with van der Waals surface area (Å²) in [5, 5.41) is 4.23. The second-order valence-corrected chi connectivity index (χ2v) is 6.22. The van der Waals surface area contributed by atoms with E-state index in [0.717, 1.165) is 12.4 Å². The van der Waals surface area contributed by atoms with Crippen LogP contribution in [0, 0.1) is 3.57 Å². The Bertz CT molecular complexity index is 592. The number of aromatic nitrogens is 2. The summed E-state index contributed by atoms with van der Waals surface area (Å²) in [6.07, 6.45) is 3.87. The maximum Gasteiger partial charge on any atom is 0.266 e. The maximum absolute atomic E-state index is 11.7. The van der Waals surface area contributed by atoms with Gasteiger partial charge < -0.3 is 9.88 Å². The largest absolute Gasteiger partial charge is 0.348 e. The van der Waals surface area contributed by atoms with Gasteiger partial charge in [0.15, 0.2) is 0 Å². The van der Waals surface area contributed by atoms with Crippen molar-refractivity contribution in [1.29, 1.82) is 0 Å². The van der Waals surface area contributed by atoms with E-state index in [9.17, 15) is 4.79 Å². The molecule has 0 saturated heterocycles. The van der Waals surface area contributed by atoms with Crippen LogP contribution < -0.4 is 10.5 Å². The van der Waals surface area contributed by atoms with Gasteiger partial charge in [0.05, 0.1) is 6.33 Å². The fourth-order valence-electron chi connectivity index (χ4n) is 1.92. The standard InChI is InChI=1S/C12H12IN3OS/c13-10-11(14-7-15-12(10)17)16(9-1-2-9)5-8-3-4-18-6-8/h3-4,6-7,9H,1-2,5H2,(H,14,15,17). The molecule has 1 saturated carbocycles. The molecular formula is C12H12IN3OS. The van der Waals surface area contributed by atoms with Gasteiger partial charge >= 0.3 is 0 Å². The lowest BCUT2D eigenvalue weighted by Crippen LogP contribution is -2.29. The molecule has 1 fully saturated rings. The Balaban J connectivity index is 1.94. The van der Waals surface area contributed by atoms with Crippen LogP contribution in [-0.4, -0.2) is 16.0 Å². The quantitative estimate of drug-likeness (QED) is 0.839. The molecule has 1 N–H and O–H groups in total. The number of anilines is 1. The Morgan fingerprint density at radius 2 is 2.39 bits per heavy atom. The van der Waals surface area contributed by atoms with Gasteiger partial charge in [0.25, 0.3) is 5.56 Å². The Kier molecular flexibility index (Phi) is 3.38. The maximum atomic E-state index is 11.7. The van der Waals surface area contributed by atoms with Crippen molar-refractivity contribution in [2.75, 3.05) is 4.90 Å². The molecule has 3 rings (SSSR count). The van der Waals surface area contributed by atoms with Crippen molar-refractivity contribution in [3.05, 3.63) is 42.6 Å². The molecule has 0 aliphatic heterocycles. The van der Waals surface area contributed by atoms with Gasteiger partial charge in [0.1, 0.15) is 9.39 Å². The van der Waals surface area contributed by atoms with Gasteiger partial charge in [-0.3, -0.25) is 4.79 Å². The fraction of sp³-hybridized carbons (Fsp3) is 0.333. The molecule has 0 unspecified atom stereocenters. The van der Waals surface area contributed by atoms with Crippen LogP contribution in [0.1, 0.15) is 18.4 Å². The molecule has 0 aromatic carbocycles. The van der Waals surface area contributed by atoms with E-state index in [-0.39, 0.29) is 5.56 Å². The van der Waals surface area contributed by atoms with Gasteiger partial charge in [-0.2, -0.15) is 11.3 Å². The number of nitrogens with zero attached hydrogens (tertiary/aromatic N) is 2. The van der Waals surface area contributed by atoms with E-state index in [2.05, 4.69) is 54.3 Å². The normalized spacial score (nSPS) is 14.7. The van der Waals surface area contributed by atoms with E-state index in [0.29, 0.717) is 9.61 Å². The number of hydrogen-bond acceptors (Lipinski definition) is 4. The molecule has 4 nitrogen and oxygen atoms in total. The van der Waals surface area contributed by atoms with Gasteiger partial charge in [-0.25, -0.2) is 4.98 Å². The van der Waals surface area contributed by atoms with E-state index in [1.807, 2.05) is 0 Å². The Hall–Kier alpha value is -0.890. The summed E-state index contributed by atoms with van der Waals surface area (Å²) in [7, 11) is 0. The highest BCUT2D eigenvalue weighted by Gasteiger charge is 2.31. The van der Waals surface area contributed by atoms with Gasteiger partial charge in [0, 0.05) is 12.6 Å². The highest BCUT2D eigenvalue weighted by atomic mass is 127. The molecule has 0 radical (unpaired) electrons. The van der Waals surface area contributed by atoms with Crippen molar-refractivity contribution in [2.45, 2.75) is 25.4 Å². The van der Waals surface area contributed by atoms with Gasteiger partial charge in [-0.1, -0.05) is 0 Å². The Morgan fingerprint density at radius 1 is 1.56 bits per heavy atom. The summed E-state index contributed by atoms with van der Waals surface area (Å²) in [6.45, 7) is 0.834. The van der Waals surface area contributed by atoms with Crippen LogP contribution in [-0.2, 0) is 6.54 Å². The minimum absolute atomic E-state index is 0.0587. The number of H-pyrrole nitrogens is 1. The summed E-state index contributed by atoms with van der Waals surface area (Å²) in [6, 6.07) is 2.66. The first kappa shape index (κ1) is 12.2. The number of nitrogens with one attached hydrogen (secondary N) is 1. The van der Waals surface area contributed by atoms with E-state index >= 15 is 0 Å². The molecule has 0 amide bonds. The second-order valence-electron chi connectivity index (χ2n) is 4.36. The number of aromatic amines is 1. The van der Waals surface area contributed by atoms with Crippen molar-refractivity contribution in [3.63, 3.8) is 0 Å². The summed E-state index contributed by atoms with van der Waals surface area (Å²) in [5.74, 6) is 0.813. The molecule has 0 bridgehead atoms. The third kappa shape index (κ3) is 2.44. The number of rotatable bonds is 4. The molecule has 0 atom stereocenters. The first-order valence-electron chi connectivity index (χ1n) is 5.76. The summed E-state index contributed by atoms with van der Waals surface area (Å²) >= 11 is 3.78. The Morgan fingerprint density at radius 3 is 3.06 bits per heavy atom. The predicted molar refractivity (Wildman–Crippen MR) is 81.1 cm³/mol. The van der Waals surface area contributed by atoms with E-state index in [1.165, 1.54) is 24.7 Å². The SMILES string of the molecule is O=c1[nH]cnc(N(Cc2ccsc2)C2CC2)c1I. The predicted octanol–water partition coefficient (Wildman–Crippen LogP) is 2.61. The van der Waals surface area contributed by atoms with Crippen LogP contribution in [0.3, 0.4) is 0 Å². The minimum atomic E-state index is -0.0587. The second kappa shape index (κ2) is 5.00. The number of halogens is 1. The topological polar surface area (TPSA) is 49.0 Å². The highest BCUT2D eigenvalue weighted by molar-refractivity contribution is 14.1. The first-order valence-corrected chi connectivity index (χ1v) is 7.79. The lowest BCUT2D eigenvalue weighted by molar-refractivity contribution is 0.771. The number of hydrogen-bond donors (Lipinski definition) is 1. The lowest BCUT2D eigenvalue weighted by Gasteiger charge is -2.23. The highest BCUT2D eigenvalue weighted by Crippen LogP contribution is 2.33. The zero-order valence-electron chi connectivity index (χ0n) is 9.60. The van der Waals surface area contributed by atoms with Crippen molar-refractivity contribution in [1.82, 2.24) is 9.97 Å².